The molecule has 0 aliphatic carbocycles. The molecule has 2 aromatic carbocycles. The van der Waals surface area contributed by atoms with E-state index in [1.807, 2.05) is 24.3 Å². The van der Waals surface area contributed by atoms with E-state index in [1.54, 1.807) is 0 Å². The Morgan fingerprint density at radius 1 is 0.351 bits per heavy atom. The Hall–Kier alpha value is -1.48. The maximum absolute atomic E-state index is 4.67. The van der Waals surface area contributed by atoms with Gasteiger partial charge in [-0.05, 0) is 24.3 Å². The summed E-state index contributed by atoms with van der Waals surface area (Å²) in [5, 5.41) is 7.57. The Balaban J connectivity index is 0.000000168. The average molecular weight is 796 g/mol. The van der Waals surface area contributed by atoms with Crippen LogP contribution in [0.2, 0.25) is 0 Å². The molecule has 6 aromatic rings. The molecule has 0 radical (unpaired) electrons. The fourth-order valence-corrected chi connectivity index (χ4v) is 5.24. The van der Waals surface area contributed by atoms with E-state index in [1.165, 1.54) is 0 Å². The maximum atomic E-state index is 4.67. The smallest absolute Gasteiger partial charge is 0.250 e. The van der Waals surface area contributed by atoms with Crippen molar-refractivity contribution in [3.63, 3.8) is 0 Å². The van der Waals surface area contributed by atoms with Crippen molar-refractivity contribution in [2.24, 2.45) is 0 Å². The standard InChI is InChI=1S/2C14H10Br2N2.Cu/c2*15-7-11-5-3-9-1-2-10-4-6-12(8-16)18-14(10)13(9)17-11;/h2*1-6H,7-8H2;/q;;+1. The van der Waals surface area contributed by atoms with Crippen molar-refractivity contribution < 1.29 is 17.1 Å². The molecule has 0 fully saturated rings. The Bertz CT molecular complexity index is 1460. The largest absolute Gasteiger partial charge is 1.00 e. The predicted octanol–water partition coefficient (Wildman–Crippen LogP) is 9.14. The third-order valence-electron chi connectivity index (χ3n) is 5.82. The Morgan fingerprint density at radius 2 is 0.541 bits per heavy atom. The molecule has 0 amide bonds. The van der Waals surface area contributed by atoms with Gasteiger partial charge in [-0.15, -0.1) is 0 Å². The van der Waals surface area contributed by atoms with E-state index in [2.05, 4.69) is 132 Å². The normalized spacial score (nSPS) is 10.9. The molecule has 0 spiro atoms. The van der Waals surface area contributed by atoms with Crippen molar-refractivity contribution in [1.82, 2.24) is 19.9 Å². The van der Waals surface area contributed by atoms with E-state index >= 15 is 0 Å². The number of nitrogens with zero attached hydrogens (tertiary/aromatic N) is 4. The first-order valence-electron chi connectivity index (χ1n) is 11.2. The Kier molecular flexibility index (Phi) is 10.1. The van der Waals surface area contributed by atoms with Gasteiger partial charge in [0.15, 0.2) is 0 Å². The minimum Gasteiger partial charge on any atom is -0.250 e. The van der Waals surface area contributed by atoms with Gasteiger partial charge in [-0.3, -0.25) is 0 Å². The van der Waals surface area contributed by atoms with E-state index in [0.717, 1.165) is 87.7 Å². The minimum absolute atomic E-state index is 0. The first-order valence-corrected chi connectivity index (χ1v) is 15.7. The first kappa shape index (κ1) is 28.5. The van der Waals surface area contributed by atoms with Crippen molar-refractivity contribution in [2.75, 3.05) is 0 Å². The van der Waals surface area contributed by atoms with Gasteiger partial charge in [0.25, 0.3) is 0 Å². The number of pyridine rings is 4. The number of fused-ring (bicyclic) bond motifs is 6. The summed E-state index contributed by atoms with van der Waals surface area (Å²) in [5.74, 6) is 0. The van der Waals surface area contributed by atoms with Gasteiger partial charge in [-0.1, -0.05) is 112 Å². The van der Waals surface area contributed by atoms with Crippen molar-refractivity contribution in [3.05, 3.63) is 95.6 Å². The molecule has 0 bridgehead atoms. The molecule has 0 aliphatic heterocycles. The van der Waals surface area contributed by atoms with E-state index in [-0.39, 0.29) is 17.1 Å². The van der Waals surface area contributed by atoms with Gasteiger partial charge in [0.2, 0.25) is 0 Å². The van der Waals surface area contributed by atoms with E-state index in [4.69, 9.17) is 0 Å². The van der Waals surface area contributed by atoms with E-state index in [9.17, 15) is 0 Å². The quantitative estimate of drug-likeness (QED) is 0.102. The van der Waals surface area contributed by atoms with Crippen molar-refractivity contribution >= 4 is 107 Å². The van der Waals surface area contributed by atoms with Crippen molar-refractivity contribution in [2.45, 2.75) is 21.3 Å². The fourth-order valence-electron chi connectivity index (χ4n) is 3.99. The Morgan fingerprint density at radius 3 is 0.730 bits per heavy atom. The Labute approximate surface area is 259 Å². The molecule has 0 atom stereocenters. The molecule has 0 unspecified atom stereocenters. The summed E-state index contributed by atoms with van der Waals surface area (Å²) in [5.41, 5.74) is 8.03. The molecule has 4 nitrogen and oxygen atoms in total. The van der Waals surface area contributed by atoms with Crippen LogP contribution in [0.15, 0.2) is 72.8 Å². The summed E-state index contributed by atoms with van der Waals surface area (Å²) >= 11 is 13.8. The average Bonchev–Trinajstić information content (AvgIpc) is 2.96. The van der Waals surface area contributed by atoms with Crippen molar-refractivity contribution in [3.8, 4) is 0 Å². The molecule has 0 aliphatic rings. The molecule has 37 heavy (non-hydrogen) atoms. The molecular formula is C28H20Br4CuN4+. The summed E-state index contributed by atoms with van der Waals surface area (Å²) in [7, 11) is 0. The third-order valence-corrected chi connectivity index (χ3v) is 8.12. The molecular weight excluding hydrogens is 775 g/mol. The van der Waals surface area contributed by atoms with Gasteiger partial charge in [-0.2, -0.15) is 0 Å². The molecule has 0 N–H and O–H groups in total. The van der Waals surface area contributed by atoms with Crippen LogP contribution in [0.4, 0.5) is 0 Å². The second kappa shape index (κ2) is 13.0. The summed E-state index contributed by atoms with van der Waals surface area (Å²) in [6.07, 6.45) is 0. The number of aromatic nitrogens is 4. The zero-order valence-corrected chi connectivity index (χ0v) is 26.6. The van der Waals surface area contributed by atoms with Gasteiger partial charge < -0.3 is 0 Å². The minimum atomic E-state index is 0. The summed E-state index contributed by atoms with van der Waals surface area (Å²) in [6, 6.07) is 24.9. The van der Waals surface area contributed by atoms with Gasteiger partial charge in [-0.25, -0.2) is 19.9 Å². The van der Waals surface area contributed by atoms with Crippen LogP contribution < -0.4 is 0 Å². The molecule has 0 saturated carbocycles. The van der Waals surface area contributed by atoms with Gasteiger partial charge in [0.1, 0.15) is 0 Å². The van der Waals surface area contributed by atoms with Crippen LogP contribution in [0.25, 0.3) is 43.6 Å². The summed E-state index contributed by atoms with van der Waals surface area (Å²) in [6.45, 7) is 0. The van der Waals surface area contributed by atoms with Crippen LogP contribution in [-0.2, 0) is 38.4 Å². The molecule has 6 rings (SSSR count). The number of hydrogen-bond acceptors (Lipinski definition) is 4. The molecule has 4 heterocycles. The maximum Gasteiger partial charge on any atom is 1.00 e. The number of hydrogen-bond donors (Lipinski definition) is 0. The summed E-state index contributed by atoms with van der Waals surface area (Å²) in [4.78, 5) is 18.7. The van der Waals surface area contributed by atoms with E-state index < -0.39 is 0 Å². The van der Waals surface area contributed by atoms with Crippen LogP contribution in [0.5, 0.6) is 0 Å². The first-order chi connectivity index (χ1) is 17.6. The molecule has 4 aromatic heterocycles. The number of halogens is 4. The number of benzene rings is 2. The zero-order valence-electron chi connectivity index (χ0n) is 19.4. The van der Waals surface area contributed by atoms with E-state index in [0.29, 0.717) is 0 Å². The molecule has 9 heteroatoms. The zero-order chi connectivity index (χ0) is 25.1. The second-order valence-electron chi connectivity index (χ2n) is 8.16. The van der Waals surface area contributed by atoms with Crippen LogP contribution in [0, 0.1) is 0 Å². The third kappa shape index (κ3) is 6.23. The van der Waals surface area contributed by atoms with Crippen LogP contribution in [0.3, 0.4) is 0 Å². The monoisotopic (exact) mass is 791 g/mol. The number of alkyl halides is 4. The SMILES string of the molecule is BrCc1ccc2ccc3ccc(CBr)nc3c2n1.BrCc1ccc2ccc3ccc(CBr)nc3c2n1.[Cu+]. The number of rotatable bonds is 4. The van der Waals surface area contributed by atoms with Crippen LogP contribution in [0.1, 0.15) is 22.8 Å². The van der Waals surface area contributed by atoms with Gasteiger partial charge in [0.05, 0.1) is 44.8 Å². The topological polar surface area (TPSA) is 51.6 Å². The molecule has 0 saturated heterocycles. The molecule has 190 valence electrons. The van der Waals surface area contributed by atoms with Crippen LogP contribution >= 0.6 is 63.7 Å². The second-order valence-corrected chi connectivity index (χ2v) is 10.4. The van der Waals surface area contributed by atoms with Gasteiger partial charge >= 0.3 is 17.1 Å². The van der Waals surface area contributed by atoms with Crippen molar-refractivity contribution in [1.29, 1.82) is 0 Å². The fraction of sp³-hybridized carbons (Fsp3) is 0.143. The summed E-state index contributed by atoms with van der Waals surface area (Å²) < 4.78 is 0. The predicted molar refractivity (Wildman–Crippen MR) is 165 cm³/mol. The van der Waals surface area contributed by atoms with Crippen LogP contribution in [-0.4, -0.2) is 19.9 Å². The van der Waals surface area contributed by atoms with Gasteiger partial charge in [0, 0.05) is 42.9 Å².